The minimum atomic E-state index is -3.73. The first-order chi connectivity index (χ1) is 14.8. The SMILES string of the molecule is Cn1cc(N2CCCC(Nc3ccc(S(=O)(=O)N4CCCCC4)cc3[N+](=O)[O-])C2)cn1. The number of piperidine rings is 2. The number of benzene rings is 1. The molecule has 2 aliphatic heterocycles. The Hall–Kier alpha value is -2.66. The van der Waals surface area contributed by atoms with Crippen LogP contribution >= 0.6 is 0 Å². The predicted octanol–water partition coefficient (Wildman–Crippen LogP) is 2.58. The topological polar surface area (TPSA) is 114 Å². The van der Waals surface area contributed by atoms with Gasteiger partial charge in [0.1, 0.15) is 5.69 Å². The van der Waals surface area contributed by atoms with Crippen LogP contribution in [0.15, 0.2) is 35.5 Å². The molecule has 10 nitrogen and oxygen atoms in total. The molecule has 2 fully saturated rings. The highest BCUT2D eigenvalue weighted by Gasteiger charge is 2.29. The van der Waals surface area contributed by atoms with Crippen LogP contribution in [0.25, 0.3) is 0 Å². The van der Waals surface area contributed by atoms with Crippen molar-refractivity contribution in [2.45, 2.75) is 43.0 Å². The highest BCUT2D eigenvalue weighted by molar-refractivity contribution is 7.89. The van der Waals surface area contributed by atoms with Crippen molar-refractivity contribution in [2.75, 3.05) is 36.4 Å². The van der Waals surface area contributed by atoms with Gasteiger partial charge < -0.3 is 10.2 Å². The maximum absolute atomic E-state index is 12.9. The summed E-state index contributed by atoms with van der Waals surface area (Å²) in [5.74, 6) is 0. The number of nitrogens with one attached hydrogen (secondary N) is 1. The van der Waals surface area contributed by atoms with Crippen LogP contribution in [-0.4, -0.2) is 59.6 Å². The van der Waals surface area contributed by atoms with Crippen LogP contribution in [-0.2, 0) is 17.1 Å². The normalized spacial score (nSPS) is 20.5. The lowest BCUT2D eigenvalue weighted by molar-refractivity contribution is -0.384. The third kappa shape index (κ3) is 4.67. The fraction of sp³-hybridized carbons (Fsp3) is 0.550. The number of aromatic nitrogens is 2. The summed E-state index contributed by atoms with van der Waals surface area (Å²) in [6, 6.07) is 4.20. The van der Waals surface area contributed by atoms with Crippen LogP contribution in [0.1, 0.15) is 32.1 Å². The second-order valence-corrected chi connectivity index (χ2v) is 10.1. The molecule has 0 aliphatic carbocycles. The second-order valence-electron chi connectivity index (χ2n) is 8.20. The van der Waals surface area contributed by atoms with Crippen LogP contribution in [0.2, 0.25) is 0 Å². The molecule has 168 valence electrons. The monoisotopic (exact) mass is 448 g/mol. The Kier molecular flexibility index (Phi) is 6.15. The smallest absolute Gasteiger partial charge is 0.293 e. The Labute approximate surface area is 182 Å². The van der Waals surface area contributed by atoms with Gasteiger partial charge in [0.2, 0.25) is 10.0 Å². The summed E-state index contributed by atoms with van der Waals surface area (Å²) in [4.78, 5) is 13.4. The van der Waals surface area contributed by atoms with Crippen molar-refractivity contribution < 1.29 is 13.3 Å². The molecule has 31 heavy (non-hydrogen) atoms. The number of hydrogen-bond donors (Lipinski definition) is 1. The molecule has 0 bridgehead atoms. The largest absolute Gasteiger partial charge is 0.375 e. The summed E-state index contributed by atoms with van der Waals surface area (Å²) in [6.45, 7) is 2.51. The first-order valence-corrected chi connectivity index (χ1v) is 12.1. The molecule has 1 unspecified atom stereocenters. The first kappa shape index (κ1) is 21.6. The van der Waals surface area contributed by atoms with Gasteiger partial charge in [-0.3, -0.25) is 14.8 Å². The summed E-state index contributed by atoms with van der Waals surface area (Å²) < 4.78 is 29.0. The van der Waals surface area contributed by atoms with Crippen molar-refractivity contribution in [3.63, 3.8) is 0 Å². The lowest BCUT2D eigenvalue weighted by atomic mass is 10.0. The zero-order chi connectivity index (χ0) is 22.0. The molecule has 1 atom stereocenters. The molecule has 3 heterocycles. The number of nitro groups is 1. The molecule has 2 saturated heterocycles. The maximum atomic E-state index is 12.9. The quantitative estimate of drug-likeness (QED) is 0.534. The molecule has 0 amide bonds. The highest BCUT2D eigenvalue weighted by atomic mass is 32.2. The van der Waals surface area contributed by atoms with Gasteiger partial charge in [-0.05, 0) is 37.8 Å². The molecular formula is C20H28N6O4S. The maximum Gasteiger partial charge on any atom is 0.293 e. The number of anilines is 2. The minimum absolute atomic E-state index is 0.0113. The highest BCUT2D eigenvalue weighted by Crippen LogP contribution is 2.31. The molecule has 1 N–H and O–H groups in total. The Morgan fingerprint density at radius 2 is 1.94 bits per heavy atom. The average Bonchev–Trinajstić information content (AvgIpc) is 3.21. The minimum Gasteiger partial charge on any atom is -0.375 e. The van der Waals surface area contributed by atoms with E-state index in [0.29, 0.717) is 25.3 Å². The lowest BCUT2D eigenvalue weighted by Gasteiger charge is -2.34. The van der Waals surface area contributed by atoms with Gasteiger partial charge in [0.25, 0.3) is 5.69 Å². The summed E-state index contributed by atoms with van der Waals surface area (Å²) in [5, 5.41) is 19.2. The third-order valence-electron chi connectivity index (χ3n) is 5.96. The van der Waals surface area contributed by atoms with Gasteiger partial charge in [-0.2, -0.15) is 9.40 Å². The van der Waals surface area contributed by atoms with Crippen molar-refractivity contribution in [1.29, 1.82) is 0 Å². The zero-order valence-corrected chi connectivity index (χ0v) is 18.4. The Morgan fingerprint density at radius 3 is 2.61 bits per heavy atom. The van der Waals surface area contributed by atoms with E-state index in [1.807, 2.05) is 19.4 Å². The van der Waals surface area contributed by atoms with E-state index in [4.69, 9.17) is 0 Å². The molecular weight excluding hydrogens is 420 g/mol. The Morgan fingerprint density at radius 1 is 1.16 bits per heavy atom. The van der Waals surface area contributed by atoms with Crippen molar-refractivity contribution >= 4 is 27.1 Å². The molecule has 2 aromatic rings. The van der Waals surface area contributed by atoms with E-state index in [1.54, 1.807) is 4.68 Å². The number of aryl methyl sites for hydroxylation is 1. The third-order valence-corrected chi connectivity index (χ3v) is 7.85. The number of nitro benzene ring substituents is 1. The molecule has 0 spiro atoms. The number of nitrogens with zero attached hydrogens (tertiary/aromatic N) is 5. The summed E-state index contributed by atoms with van der Waals surface area (Å²) >= 11 is 0. The van der Waals surface area contributed by atoms with E-state index in [9.17, 15) is 18.5 Å². The Balaban J connectivity index is 1.53. The van der Waals surface area contributed by atoms with Crippen molar-refractivity contribution in [3.05, 3.63) is 40.7 Å². The summed E-state index contributed by atoms with van der Waals surface area (Å²) in [7, 11) is -1.86. The summed E-state index contributed by atoms with van der Waals surface area (Å²) in [6.07, 6.45) is 8.22. The number of rotatable bonds is 6. The van der Waals surface area contributed by atoms with Gasteiger partial charge in [-0.25, -0.2) is 8.42 Å². The van der Waals surface area contributed by atoms with Crippen molar-refractivity contribution in [2.24, 2.45) is 7.05 Å². The van der Waals surface area contributed by atoms with Crippen LogP contribution in [0, 0.1) is 10.1 Å². The second kappa shape index (κ2) is 8.83. The lowest BCUT2D eigenvalue weighted by Crippen LogP contribution is -2.42. The molecule has 2 aliphatic rings. The number of hydrogen-bond acceptors (Lipinski definition) is 7. The van der Waals surface area contributed by atoms with Gasteiger partial charge in [-0.15, -0.1) is 0 Å². The fourth-order valence-electron chi connectivity index (χ4n) is 4.32. The van der Waals surface area contributed by atoms with E-state index in [-0.39, 0.29) is 16.6 Å². The van der Waals surface area contributed by atoms with Crippen LogP contribution in [0.3, 0.4) is 0 Å². The predicted molar refractivity (Wildman–Crippen MR) is 118 cm³/mol. The Bertz CT molecular complexity index is 1050. The van der Waals surface area contributed by atoms with Gasteiger partial charge in [-0.1, -0.05) is 6.42 Å². The first-order valence-electron chi connectivity index (χ1n) is 10.6. The van der Waals surface area contributed by atoms with Crippen molar-refractivity contribution in [3.8, 4) is 0 Å². The van der Waals surface area contributed by atoms with E-state index in [0.717, 1.165) is 44.3 Å². The molecule has 0 saturated carbocycles. The zero-order valence-electron chi connectivity index (χ0n) is 17.6. The van der Waals surface area contributed by atoms with E-state index < -0.39 is 14.9 Å². The fourth-order valence-corrected chi connectivity index (χ4v) is 5.86. The molecule has 1 aromatic heterocycles. The van der Waals surface area contributed by atoms with Crippen LogP contribution < -0.4 is 10.2 Å². The molecule has 11 heteroatoms. The average molecular weight is 449 g/mol. The van der Waals surface area contributed by atoms with Crippen LogP contribution in [0.5, 0.6) is 0 Å². The van der Waals surface area contributed by atoms with E-state index >= 15 is 0 Å². The van der Waals surface area contributed by atoms with Gasteiger partial charge in [0, 0.05) is 51.5 Å². The molecule has 1 aromatic carbocycles. The van der Waals surface area contributed by atoms with Crippen molar-refractivity contribution in [1.82, 2.24) is 14.1 Å². The summed E-state index contributed by atoms with van der Waals surface area (Å²) in [5.41, 5.74) is 1.16. The van der Waals surface area contributed by atoms with Gasteiger partial charge in [0.15, 0.2) is 0 Å². The standard InChI is InChI=1S/C20H28N6O4S/c1-23-15-17(13-21-23)24-9-5-6-16(14-24)22-19-8-7-18(12-20(19)26(27)28)31(29,30)25-10-3-2-4-11-25/h7-8,12-13,15-16,22H,2-6,9-11,14H2,1H3. The van der Waals surface area contributed by atoms with Gasteiger partial charge in [0.05, 0.1) is 21.7 Å². The van der Waals surface area contributed by atoms with E-state index in [2.05, 4.69) is 15.3 Å². The van der Waals surface area contributed by atoms with Crippen LogP contribution in [0.4, 0.5) is 17.1 Å². The molecule has 4 rings (SSSR count). The molecule has 0 radical (unpaired) electrons. The number of sulfonamides is 1. The van der Waals surface area contributed by atoms with Gasteiger partial charge >= 0.3 is 0 Å². The van der Waals surface area contributed by atoms with E-state index in [1.165, 1.54) is 22.5 Å².